The molecule has 0 spiro atoms. The standard InChI is InChI=1S/C24H23N3O5S/c1-4-27-14-20-19(24(27)29)11-16(23(28)26-22-10-5-15(2)13-25-22)12-21(20)32-17-6-8-18(9-7-17)33(3,30)31/h5-13H,4,14H2,1-3H3,(H,25,26,28). The molecule has 4 rings (SSSR count). The Morgan fingerprint density at radius 3 is 2.48 bits per heavy atom. The van der Waals surface area contributed by atoms with Crippen molar-refractivity contribution < 1.29 is 22.7 Å². The van der Waals surface area contributed by atoms with E-state index in [0.717, 1.165) is 11.8 Å². The number of amides is 2. The quantitative estimate of drug-likeness (QED) is 0.593. The van der Waals surface area contributed by atoms with E-state index < -0.39 is 15.7 Å². The summed E-state index contributed by atoms with van der Waals surface area (Å²) in [5.41, 5.74) is 2.31. The Morgan fingerprint density at radius 1 is 1.15 bits per heavy atom. The molecule has 2 aromatic carbocycles. The third-order valence-electron chi connectivity index (χ3n) is 5.35. The molecule has 0 atom stereocenters. The van der Waals surface area contributed by atoms with E-state index in [1.54, 1.807) is 41.4 Å². The normalized spacial score (nSPS) is 13.1. The first-order valence-electron chi connectivity index (χ1n) is 10.3. The Kier molecular flexibility index (Phi) is 5.90. The average Bonchev–Trinajstić information content (AvgIpc) is 3.11. The highest BCUT2D eigenvalue weighted by Gasteiger charge is 2.31. The molecular weight excluding hydrogens is 442 g/mol. The van der Waals surface area contributed by atoms with E-state index in [4.69, 9.17) is 4.74 Å². The number of carbonyl (C=O) groups excluding carboxylic acids is 2. The summed E-state index contributed by atoms with van der Waals surface area (Å²) in [4.78, 5) is 31.8. The van der Waals surface area contributed by atoms with Crippen LogP contribution in [0.25, 0.3) is 0 Å². The van der Waals surface area contributed by atoms with E-state index in [9.17, 15) is 18.0 Å². The van der Waals surface area contributed by atoms with Crippen LogP contribution in [0, 0.1) is 6.92 Å². The molecule has 2 amide bonds. The van der Waals surface area contributed by atoms with Gasteiger partial charge in [0.05, 0.1) is 11.4 Å². The second-order valence-corrected chi connectivity index (χ2v) is 9.86. The molecule has 0 saturated heterocycles. The van der Waals surface area contributed by atoms with Crippen LogP contribution in [0.4, 0.5) is 5.82 Å². The number of fused-ring (bicyclic) bond motifs is 1. The number of rotatable bonds is 6. The Labute approximate surface area is 192 Å². The van der Waals surface area contributed by atoms with Crippen LogP contribution in [-0.4, -0.2) is 42.9 Å². The minimum Gasteiger partial charge on any atom is -0.457 e. The average molecular weight is 466 g/mol. The Bertz CT molecular complexity index is 1330. The van der Waals surface area contributed by atoms with Crippen LogP contribution in [0.2, 0.25) is 0 Å². The first-order chi connectivity index (χ1) is 15.7. The number of hydrogen-bond acceptors (Lipinski definition) is 6. The van der Waals surface area contributed by atoms with E-state index in [1.165, 1.54) is 12.1 Å². The lowest BCUT2D eigenvalue weighted by Crippen LogP contribution is -2.23. The highest BCUT2D eigenvalue weighted by molar-refractivity contribution is 7.90. The number of pyridine rings is 1. The second-order valence-electron chi connectivity index (χ2n) is 7.84. The highest BCUT2D eigenvalue weighted by Crippen LogP contribution is 2.35. The number of benzene rings is 2. The van der Waals surface area contributed by atoms with Gasteiger partial charge in [-0.15, -0.1) is 0 Å². The van der Waals surface area contributed by atoms with Crippen LogP contribution in [-0.2, 0) is 16.4 Å². The van der Waals surface area contributed by atoms with Crippen LogP contribution in [0.1, 0.15) is 38.8 Å². The number of carbonyl (C=O) groups is 2. The molecule has 3 aromatic rings. The van der Waals surface area contributed by atoms with Gasteiger partial charge in [0.1, 0.15) is 17.3 Å². The van der Waals surface area contributed by atoms with Crippen molar-refractivity contribution in [3.05, 3.63) is 77.0 Å². The number of anilines is 1. The molecular formula is C24H23N3O5S. The minimum atomic E-state index is -3.34. The molecule has 0 saturated carbocycles. The largest absolute Gasteiger partial charge is 0.457 e. The summed E-state index contributed by atoms with van der Waals surface area (Å²) in [7, 11) is -3.34. The summed E-state index contributed by atoms with van der Waals surface area (Å²) in [5, 5.41) is 2.73. The Hall–Kier alpha value is -3.72. The van der Waals surface area contributed by atoms with Gasteiger partial charge in [-0.1, -0.05) is 6.07 Å². The van der Waals surface area contributed by atoms with Gasteiger partial charge in [-0.05, 0) is 61.9 Å². The van der Waals surface area contributed by atoms with Crippen molar-refractivity contribution in [2.45, 2.75) is 25.3 Å². The Balaban J connectivity index is 1.69. The number of ether oxygens (including phenoxy) is 1. The zero-order valence-corrected chi connectivity index (χ0v) is 19.3. The monoisotopic (exact) mass is 465 g/mol. The van der Waals surface area contributed by atoms with Crippen LogP contribution in [0.3, 0.4) is 0 Å². The van der Waals surface area contributed by atoms with Crippen molar-refractivity contribution in [2.75, 3.05) is 18.1 Å². The van der Waals surface area contributed by atoms with Crippen molar-refractivity contribution in [2.24, 2.45) is 0 Å². The molecule has 0 aliphatic carbocycles. The van der Waals surface area contributed by atoms with Gasteiger partial charge in [-0.3, -0.25) is 9.59 Å². The molecule has 0 bridgehead atoms. The van der Waals surface area contributed by atoms with Crippen molar-refractivity contribution in [1.82, 2.24) is 9.88 Å². The molecule has 1 aromatic heterocycles. The molecule has 0 radical (unpaired) electrons. The molecule has 2 heterocycles. The van der Waals surface area contributed by atoms with E-state index in [1.807, 2.05) is 19.9 Å². The lowest BCUT2D eigenvalue weighted by molar-refractivity contribution is 0.0787. The predicted octanol–water partition coefficient (Wildman–Crippen LogP) is 3.81. The first kappa shape index (κ1) is 22.5. The number of aryl methyl sites for hydroxylation is 1. The summed E-state index contributed by atoms with van der Waals surface area (Å²) in [5.74, 6) is 0.559. The maximum absolute atomic E-state index is 12.9. The van der Waals surface area contributed by atoms with E-state index >= 15 is 0 Å². The molecule has 1 N–H and O–H groups in total. The van der Waals surface area contributed by atoms with Gasteiger partial charge in [0.25, 0.3) is 11.8 Å². The fraction of sp³-hybridized carbons (Fsp3) is 0.208. The SMILES string of the molecule is CCN1Cc2c(Oc3ccc(S(C)(=O)=O)cc3)cc(C(=O)Nc3ccc(C)cn3)cc2C1=O. The third-order valence-corrected chi connectivity index (χ3v) is 6.48. The van der Waals surface area contributed by atoms with Crippen LogP contribution < -0.4 is 10.1 Å². The maximum Gasteiger partial charge on any atom is 0.256 e. The van der Waals surface area contributed by atoms with Crippen molar-refractivity contribution in [1.29, 1.82) is 0 Å². The minimum absolute atomic E-state index is 0.172. The third kappa shape index (κ3) is 4.73. The first-order valence-corrected chi connectivity index (χ1v) is 12.2. The van der Waals surface area contributed by atoms with Crippen LogP contribution in [0.5, 0.6) is 11.5 Å². The predicted molar refractivity (Wildman–Crippen MR) is 123 cm³/mol. The summed E-state index contributed by atoms with van der Waals surface area (Å²) in [6, 6.07) is 12.7. The maximum atomic E-state index is 12.9. The highest BCUT2D eigenvalue weighted by atomic mass is 32.2. The number of nitrogens with zero attached hydrogens (tertiary/aromatic N) is 2. The van der Waals surface area contributed by atoms with Crippen LogP contribution >= 0.6 is 0 Å². The van der Waals surface area contributed by atoms with E-state index in [2.05, 4.69) is 10.3 Å². The number of hydrogen-bond donors (Lipinski definition) is 1. The summed E-state index contributed by atoms with van der Waals surface area (Å²) in [6.07, 6.45) is 2.78. The van der Waals surface area contributed by atoms with Crippen molar-refractivity contribution in [3.8, 4) is 11.5 Å². The molecule has 0 fully saturated rings. The molecule has 8 nitrogen and oxygen atoms in total. The van der Waals surface area contributed by atoms with Gasteiger partial charge in [0.15, 0.2) is 9.84 Å². The molecule has 33 heavy (non-hydrogen) atoms. The number of sulfone groups is 1. The summed E-state index contributed by atoms with van der Waals surface area (Å²) < 4.78 is 29.4. The number of nitrogens with one attached hydrogen (secondary N) is 1. The zero-order valence-electron chi connectivity index (χ0n) is 18.5. The van der Waals surface area contributed by atoms with Gasteiger partial charge in [-0.2, -0.15) is 0 Å². The molecule has 1 aliphatic rings. The van der Waals surface area contributed by atoms with Gasteiger partial charge >= 0.3 is 0 Å². The van der Waals surface area contributed by atoms with Crippen LogP contribution in [0.15, 0.2) is 59.6 Å². The zero-order chi connectivity index (χ0) is 23.8. The van der Waals surface area contributed by atoms with Gasteiger partial charge in [-0.25, -0.2) is 13.4 Å². The topological polar surface area (TPSA) is 106 Å². The fourth-order valence-corrected chi connectivity index (χ4v) is 4.15. The number of aromatic nitrogens is 1. The second kappa shape index (κ2) is 8.67. The molecule has 170 valence electrons. The van der Waals surface area contributed by atoms with Crippen molar-refractivity contribution >= 4 is 27.5 Å². The van der Waals surface area contributed by atoms with Crippen molar-refractivity contribution in [3.63, 3.8) is 0 Å². The van der Waals surface area contributed by atoms with E-state index in [0.29, 0.717) is 41.5 Å². The summed E-state index contributed by atoms with van der Waals surface area (Å²) >= 11 is 0. The molecule has 1 aliphatic heterocycles. The van der Waals surface area contributed by atoms with Gasteiger partial charge < -0.3 is 15.0 Å². The lowest BCUT2D eigenvalue weighted by Gasteiger charge is -2.13. The van der Waals surface area contributed by atoms with Gasteiger partial charge in [0, 0.05) is 35.7 Å². The smallest absolute Gasteiger partial charge is 0.256 e. The Morgan fingerprint density at radius 2 is 1.88 bits per heavy atom. The molecule has 0 unspecified atom stereocenters. The summed E-state index contributed by atoms with van der Waals surface area (Å²) in [6.45, 7) is 4.66. The van der Waals surface area contributed by atoms with Gasteiger partial charge in [0.2, 0.25) is 0 Å². The van der Waals surface area contributed by atoms with E-state index in [-0.39, 0.29) is 16.4 Å². The fourth-order valence-electron chi connectivity index (χ4n) is 3.52. The molecule has 9 heteroatoms. The lowest BCUT2D eigenvalue weighted by atomic mass is 10.0.